The zero-order chi connectivity index (χ0) is 17.1. The fourth-order valence-corrected chi connectivity index (χ4v) is 2.95. The molecule has 7 heteroatoms. The third-order valence-electron chi connectivity index (χ3n) is 3.55. The second-order valence-corrected chi connectivity index (χ2v) is 6.64. The van der Waals surface area contributed by atoms with Crippen molar-refractivity contribution < 1.29 is 14.3 Å². The third-order valence-corrected chi connectivity index (χ3v) is 4.27. The summed E-state index contributed by atoms with van der Waals surface area (Å²) in [6.07, 6.45) is 0. The Hall–Kier alpha value is -2.05. The van der Waals surface area contributed by atoms with Gasteiger partial charge in [-0.25, -0.2) is 0 Å². The predicted molar refractivity (Wildman–Crippen MR) is 95.3 cm³/mol. The molecule has 2 amide bonds. The number of rotatable bonds is 4. The molecule has 1 aliphatic heterocycles. The van der Waals surface area contributed by atoms with Crippen molar-refractivity contribution in [3.63, 3.8) is 0 Å². The highest BCUT2D eigenvalue weighted by atomic mass is 79.9. The van der Waals surface area contributed by atoms with Gasteiger partial charge in [-0.15, -0.1) is 0 Å². The average Bonchev–Trinajstić information content (AvgIpc) is 2.56. The molecule has 0 fully saturated rings. The van der Waals surface area contributed by atoms with Gasteiger partial charge in [0.25, 0.3) is 5.91 Å². The summed E-state index contributed by atoms with van der Waals surface area (Å²) in [5, 5.41) is 3.41. The van der Waals surface area contributed by atoms with Crippen LogP contribution in [0, 0.1) is 0 Å². The van der Waals surface area contributed by atoms with E-state index >= 15 is 0 Å². The van der Waals surface area contributed by atoms with E-state index in [0.717, 1.165) is 10.0 Å². The van der Waals surface area contributed by atoms with Crippen LogP contribution in [0.1, 0.15) is 5.56 Å². The largest absolute Gasteiger partial charge is 0.482 e. The summed E-state index contributed by atoms with van der Waals surface area (Å²) in [4.78, 5) is 25.7. The molecule has 3 rings (SSSR count). The average molecular weight is 410 g/mol. The minimum absolute atomic E-state index is 0.0581. The Labute approximate surface area is 152 Å². The molecule has 2 aromatic rings. The fourth-order valence-electron chi connectivity index (χ4n) is 2.40. The predicted octanol–water partition coefficient (Wildman–Crippen LogP) is 3.14. The lowest BCUT2D eigenvalue weighted by Gasteiger charge is -2.29. The molecule has 0 radical (unpaired) electrons. The third kappa shape index (κ3) is 3.88. The smallest absolute Gasteiger partial charge is 0.265 e. The van der Waals surface area contributed by atoms with Gasteiger partial charge in [0.2, 0.25) is 5.91 Å². The molecule has 1 aliphatic rings. The highest BCUT2D eigenvalue weighted by molar-refractivity contribution is 9.10. The van der Waals surface area contributed by atoms with E-state index in [1.165, 1.54) is 4.90 Å². The van der Waals surface area contributed by atoms with E-state index in [4.69, 9.17) is 16.3 Å². The Kier molecular flexibility index (Phi) is 5.06. The van der Waals surface area contributed by atoms with Gasteiger partial charge in [0.15, 0.2) is 6.61 Å². The number of carbonyl (C=O) groups excluding carboxylic acids is 2. The van der Waals surface area contributed by atoms with Gasteiger partial charge in [-0.2, -0.15) is 0 Å². The quantitative estimate of drug-likeness (QED) is 0.844. The molecule has 1 N–H and O–H groups in total. The number of carbonyl (C=O) groups is 2. The normalized spacial score (nSPS) is 13.2. The zero-order valence-corrected chi connectivity index (χ0v) is 14.9. The molecule has 0 spiro atoms. The van der Waals surface area contributed by atoms with Crippen LogP contribution in [0.4, 0.5) is 5.69 Å². The van der Waals surface area contributed by atoms with Gasteiger partial charge in [0, 0.05) is 16.0 Å². The number of halogens is 2. The molecule has 0 atom stereocenters. The van der Waals surface area contributed by atoms with Gasteiger partial charge < -0.3 is 10.1 Å². The van der Waals surface area contributed by atoms with Gasteiger partial charge in [-0.1, -0.05) is 39.7 Å². The molecular weight excluding hydrogens is 396 g/mol. The van der Waals surface area contributed by atoms with Crippen molar-refractivity contribution in [3.8, 4) is 5.75 Å². The summed E-state index contributed by atoms with van der Waals surface area (Å²) >= 11 is 9.28. The van der Waals surface area contributed by atoms with E-state index in [1.807, 2.05) is 12.1 Å². The molecule has 2 aromatic carbocycles. The summed E-state index contributed by atoms with van der Waals surface area (Å²) in [5.41, 5.74) is 1.49. The van der Waals surface area contributed by atoms with Crippen molar-refractivity contribution in [1.82, 2.24) is 5.32 Å². The minimum atomic E-state index is -0.251. The minimum Gasteiger partial charge on any atom is -0.482 e. The van der Waals surface area contributed by atoms with Gasteiger partial charge in [0.1, 0.15) is 12.3 Å². The maximum absolute atomic E-state index is 12.2. The van der Waals surface area contributed by atoms with Gasteiger partial charge in [-0.3, -0.25) is 14.5 Å². The van der Waals surface area contributed by atoms with E-state index in [0.29, 0.717) is 23.0 Å². The standard InChI is InChI=1S/C17H14BrClN2O3/c18-12-4-5-14-15(7-12)24-10-17(23)21(14)9-16(22)20-8-11-2-1-3-13(19)6-11/h1-7H,8-10H2,(H,20,22). The van der Waals surface area contributed by atoms with Crippen LogP contribution in [0.5, 0.6) is 5.75 Å². The SMILES string of the molecule is O=C(CN1C(=O)COc2cc(Br)ccc21)NCc1cccc(Cl)c1. The number of benzene rings is 2. The Morgan fingerprint density at radius 3 is 2.92 bits per heavy atom. The van der Waals surface area contributed by atoms with Crippen molar-refractivity contribution >= 4 is 45.0 Å². The van der Waals surface area contributed by atoms with E-state index < -0.39 is 0 Å². The first-order valence-corrected chi connectivity index (χ1v) is 8.44. The maximum atomic E-state index is 12.2. The number of hydrogen-bond acceptors (Lipinski definition) is 3. The van der Waals surface area contributed by atoms with Crippen molar-refractivity contribution in [2.45, 2.75) is 6.54 Å². The zero-order valence-electron chi connectivity index (χ0n) is 12.6. The molecule has 0 aliphatic carbocycles. The molecule has 0 bridgehead atoms. The van der Waals surface area contributed by atoms with Crippen molar-refractivity contribution in [2.24, 2.45) is 0 Å². The lowest BCUT2D eigenvalue weighted by molar-refractivity contribution is -0.125. The van der Waals surface area contributed by atoms with Gasteiger partial charge >= 0.3 is 0 Å². The first-order chi connectivity index (χ1) is 11.5. The Balaban J connectivity index is 1.67. The van der Waals surface area contributed by atoms with E-state index in [-0.39, 0.29) is 25.0 Å². The molecule has 124 valence electrons. The summed E-state index contributed by atoms with van der Waals surface area (Å²) in [5.74, 6) is 0.0773. The second-order valence-electron chi connectivity index (χ2n) is 5.29. The highest BCUT2D eigenvalue weighted by Crippen LogP contribution is 2.34. The van der Waals surface area contributed by atoms with Gasteiger partial charge in [0.05, 0.1) is 5.69 Å². The van der Waals surface area contributed by atoms with Crippen molar-refractivity contribution in [2.75, 3.05) is 18.1 Å². The Morgan fingerprint density at radius 1 is 1.29 bits per heavy atom. The molecule has 5 nitrogen and oxygen atoms in total. The number of nitrogens with one attached hydrogen (secondary N) is 1. The molecule has 0 saturated heterocycles. The molecule has 0 aromatic heterocycles. The number of fused-ring (bicyclic) bond motifs is 1. The monoisotopic (exact) mass is 408 g/mol. The summed E-state index contributed by atoms with van der Waals surface area (Å²) in [6.45, 7) is 0.216. The van der Waals surface area contributed by atoms with Crippen LogP contribution >= 0.6 is 27.5 Å². The Bertz CT molecular complexity index is 797. The fraction of sp³-hybridized carbons (Fsp3) is 0.176. The summed E-state index contributed by atoms with van der Waals surface area (Å²) in [7, 11) is 0. The van der Waals surface area contributed by atoms with Crippen LogP contribution in [-0.4, -0.2) is 25.0 Å². The van der Waals surface area contributed by atoms with E-state index in [1.54, 1.807) is 30.3 Å². The highest BCUT2D eigenvalue weighted by Gasteiger charge is 2.27. The molecule has 0 saturated carbocycles. The number of anilines is 1. The summed E-state index contributed by atoms with van der Waals surface area (Å²) in [6, 6.07) is 12.6. The summed E-state index contributed by atoms with van der Waals surface area (Å²) < 4.78 is 6.25. The number of nitrogens with zero attached hydrogens (tertiary/aromatic N) is 1. The van der Waals surface area contributed by atoms with Crippen molar-refractivity contribution in [1.29, 1.82) is 0 Å². The van der Waals surface area contributed by atoms with Gasteiger partial charge in [-0.05, 0) is 35.9 Å². The van der Waals surface area contributed by atoms with Crippen LogP contribution in [0.15, 0.2) is 46.9 Å². The lowest BCUT2D eigenvalue weighted by atomic mass is 10.2. The van der Waals surface area contributed by atoms with E-state index in [9.17, 15) is 9.59 Å². The first-order valence-electron chi connectivity index (χ1n) is 7.27. The molecular formula is C17H14BrClN2O3. The molecule has 24 heavy (non-hydrogen) atoms. The lowest BCUT2D eigenvalue weighted by Crippen LogP contribution is -2.45. The van der Waals surface area contributed by atoms with Crippen LogP contribution in [0.3, 0.4) is 0 Å². The van der Waals surface area contributed by atoms with Crippen LogP contribution in [0.2, 0.25) is 5.02 Å². The second kappa shape index (κ2) is 7.23. The molecule has 1 heterocycles. The Morgan fingerprint density at radius 2 is 2.12 bits per heavy atom. The van der Waals surface area contributed by atoms with E-state index in [2.05, 4.69) is 21.2 Å². The van der Waals surface area contributed by atoms with Crippen LogP contribution < -0.4 is 15.0 Å². The number of hydrogen-bond donors (Lipinski definition) is 1. The van der Waals surface area contributed by atoms with Crippen LogP contribution in [0.25, 0.3) is 0 Å². The molecule has 0 unspecified atom stereocenters. The topological polar surface area (TPSA) is 58.6 Å². The maximum Gasteiger partial charge on any atom is 0.265 e. The number of ether oxygens (including phenoxy) is 1. The van der Waals surface area contributed by atoms with Crippen molar-refractivity contribution in [3.05, 3.63) is 57.5 Å². The first kappa shape index (κ1) is 16.8. The van der Waals surface area contributed by atoms with Crippen LogP contribution in [-0.2, 0) is 16.1 Å². The number of amides is 2.